The van der Waals surface area contributed by atoms with E-state index >= 15 is 0 Å². The minimum absolute atomic E-state index is 0.0757. The van der Waals surface area contributed by atoms with Crippen molar-refractivity contribution in [1.29, 1.82) is 0 Å². The minimum Gasteiger partial charge on any atom is -0.374 e. The van der Waals surface area contributed by atoms with E-state index in [1.165, 1.54) is 0 Å². The highest BCUT2D eigenvalue weighted by Gasteiger charge is 2.32. The smallest absolute Gasteiger partial charge is 0.249 e. The van der Waals surface area contributed by atoms with Crippen LogP contribution in [0.2, 0.25) is 5.02 Å². The van der Waals surface area contributed by atoms with Gasteiger partial charge in [-0.15, -0.1) is 0 Å². The van der Waals surface area contributed by atoms with Crippen LogP contribution in [0.5, 0.6) is 0 Å². The van der Waals surface area contributed by atoms with Crippen molar-refractivity contribution in [2.75, 3.05) is 16.8 Å². The van der Waals surface area contributed by atoms with E-state index in [0.717, 1.165) is 23.5 Å². The van der Waals surface area contributed by atoms with Crippen LogP contribution in [0.4, 0.5) is 11.4 Å². The largest absolute Gasteiger partial charge is 0.374 e. The molecular weight excluding hydrogens is 286 g/mol. The number of rotatable bonds is 3. The van der Waals surface area contributed by atoms with Gasteiger partial charge in [0.05, 0.1) is 0 Å². The van der Waals surface area contributed by atoms with Crippen LogP contribution in [0.15, 0.2) is 42.6 Å². The fourth-order valence-corrected chi connectivity index (χ4v) is 2.74. The van der Waals surface area contributed by atoms with E-state index in [1.807, 2.05) is 37.3 Å². The van der Waals surface area contributed by atoms with Crippen molar-refractivity contribution in [3.05, 3.63) is 53.3 Å². The number of carbonyl (C=O) groups excluding carboxylic acids is 1. The van der Waals surface area contributed by atoms with Gasteiger partial charge in [-0.1, -0.05) is 17.7 Å². The lowest BCUT2D eigenvalue weighted by molar-refractivity contribution is -0.117. The number of amides is 1. The average Bonchev–Trinajstić information content (AvgIpc) is 2.80. The van der Waals surface area contributed by atoms with Gasteiger partial charge < -0.3 is 10.2 Å². The molecule has 1 saturated heterocycles. The first kappa shape index (κ1) is 13.9. The number of nitrogens with one attached hydrogen (secondary N) is 1. The normalized spacial score (nSPS) is 18.1. The second-order valence-electron chi connectivity index (χ2n) is 5.14. The van der Waals surface area contributed by atoms with Gasteiger partial charge in [0, 0.05) is 34.8 Å². The number of halogens is 1. The van der Waals surface area contributed by atoms with Gasteiger partial charge in [0.2, 0.25) is 5.91 Å². The zero-order valence-corrected chi connectivity index (χ0v) is 12.5. The highest BCUT2D eigenvalue weighted by atomic mass is 35.5. The Morgan fingerprint density at radius 3 is 2.95 bits per heavy atom. The van der Waals surface area contributed by atoms with E-state index in [1.54, 1.807) is 17.2 Å². The fraction of sp³-hybridized carbons (Fsp3) is 0.250. The van der Waals surface area contributed by atoms with Crippen LogP contribution in [0.1, 0.15) is 12.1 Å². The van der Waals surface area contributed by atoms with Crippen molar-refractivity contribution in [3.63, 3.8) is 0 Å². The molecule has 1 N–H and O–H groups in total. The van der Waals surface area contributed by atoms with Gasteiger partial charge in [-0.05, 0) is 43.7 Å². The Morgan fingerprint density at radius 1 is 1.33 bits per heavy atom. The molecule has 0 bridgehead atoms. The van der Waals surface area contributed by atoms with Gasteiger partial charge in [-0.3, -0.25) is 9.78 Å². The summed E-state index contributed by atoms with van der Waals surface area (Å²) in [6, 6.07) is 11.0. The number of aromatic nitrogens is 1. The molecule has 5 heteroatoms. The van der Waals surface area contributed by atoms with Gasteiger partial charge in [0.15, 0.2) is 0 Å². The summed E-state index contributed by atoms with van der Waals surface area (Å²) >= 11 is 5.99. The number of nitrogens with zero attached hydrogens (tertiary/aromatic N) is 2. The lowest BCUT2D eigenvalue weighted by atomic mass is 10.2. The van der Waals surface area contributed by atoms with E-state index in [9.17, 15) is 4.79 Å². The summed E-state index contributed by atoms with van der Waals surface area (Å²) in [4.78, 5) is 18.4. The van der Waals surface area contributed by atoms with E-state index < -0.39 is 0 Å². The molecular formula is C16H16ClN3O. The second kappa shape index (κ2) is 5.74. The van der Waals surface area contributed by atoms with Crippen LogP contribution in [0, 0.1) is 6.92 Å². The van der Waals surface area contributed by atoms with Crippen molar-refractivity contribution in [2.24, 2.45) is 0 Å². The molecule has 1 aromatic heterocycles. The third kappa shape index (κ3) is 3.00. The van der Waals surface area contributed by atoms with Crippen molar-refractivity contribution in [1.82, 2.24) is 4.98 Å². The second-order valence-corrected chi connectivity index (χ2v) is 5.58. The predicted molar refractivity (Wildman–Crippen MR) is 84.8 cm³/mol. The molecule has 1 aromatic carbocycles. The van der Waals surface area contributed by atoms with E-state index in [4.69, 9.17) is 11.6 Å². The summed E-state index contributed by atoms with van der Waals surface area (Å²) in [5.41, 5.74) is 2.70. The van der Waals surface area contributed by atoms with Gasteiger partial charge in [0.25, 0.3) is 0 Å². The SMILES string of the molecule is Cc1cc(NC2CCN(c3cccc(Cl)c3)C2=O)ccn1. The molecule has 2 heterocycles. The summed E-state index contributed by atoms with van der Waals surface area (Å²) < 4.78 is 0. The molecule has 1 amide bonds. The van der Waals surface area contributed by atoms with Crippen LogP contribution in [-0.4, -0.2) is 23.5 Å². The zero-order chi connectivity index (χ0) is 14.8. The van der Waals surface area contributed by atoms with Crippen LogP contribution < -0.4 is 10.2 Å². The Bertz CT molecular complexity index is 674. The lowest BCUT2D eigenvalue weighted by Gasteiger charge is -2.18. The molecule has 0 spiro atoms. The number of hydrogen-bond donors (Lipinski definition) is 1. The number of hydrogen-bond acceptors (Lipinski definition) is 3. The van der Waals surface area contributed by atoms with Gasteiger partial charge in [0.1, 0.15) is 6.04 Å². The molecule has 0 saturated carbocycles. The highest BCUT2D eigenvalue weighted by molar-refractivity contribution is 6.31. The Morgan fingerprint density at radius 2 is 2.19 bits per heavy atom. The van der Waals surface area contributed by atoms with E-state index in [0.29, 0.717) is 11.6 Å². The molecule has 1 fully saturated rings. The summed E-state index contributed by atoms with van der Waals surface area (Å²) in [6.45, 7) is 2.63. The maximum Gasteiger partial charge on any atom is 0.249 e. The number of carbonyl (C=O) groups is 1. The van der Waals surface area contributed by atoms with Crippen LogP contribution in [-0.2, 0) is 4.79 Å². The van der Waals surface area contributed by atoms with Crippen molar-refractivity contribution < 1.29 is 4.79 Å². The topological polar surface area (TPSA) is 45.2 Å². The van der Waals surface area contributed by atoms with Crippen LogP contribution in [0.3, 0.4) is 0 Å². The monoisotopic (exact) mass is 301 g/mol. The summed E-state index contributed by atoms with van der Waals surface area (Å²) in [5, 5.41) is 3.92. The molecule has 1 atom stereocenters. The molecule has 0 radical (unpaired) electrons. The molecule has 0 aliphatic carbocycles. The van der Waals surface area contributed by atoms with Crippen LogP contribution >= 0.6 is 11.6 Å². The molecule has 1 unspecified atom stereocenters. The molecule has 108 valence electrons. The summed E-state index contributed by atoms with van der Waals surface area (Å²) in [5.74, 6) is 0.0757. The third-order valence-electron chi connectivity index (χ3n) is 3.56. The van der Waals surface area contributed by atoms with Crippen molar-refractivity contribution in [3.8, 4) is 0 Å². The predicted octanol–water partition coefficient (Wildman–Crippen LogP) is 3.26. The standard InChI is InChI=1S/C16H16ClN3O/c1-11-9-13(5-7-18-11)19-15-6-8-20(16(15)21)14-4-2-3-12(17)10-14/h2-5,7,9-10,15H,6,8H2,1H3,(H,18,19). The third-order valence-corrected chi connectivity index (χ3v) is 3.80. The Hall–Kier alpha value is -2.07. The van der Waals surface area contributed by atoms with Gasteiger partial charge in [-0.2, -0.15) is 0 Å². The highest BCUT2D eigenvalue weighted by Crippen LogP contribution is 2.26. The Labute approximate surface area is 128 Å². The maximum absolute atomic E-state index is 12.5. The first-order valence-corrected chi connectivity index (χ1v) is 7.27. The zero-order valence-electron chi connectivity index (χ0n) is 11.7. The average molecular weight is 302 g/mol. The molecule has 1 aliphatic heterocycles. The fourth-order valence-electron chi connectivity index (χ4n) is 2.55. The van der Waals surface area contributed by atoms with Crippen molar-refractivity contribution >= 4 is 28.9 Å². The Balaban J connectivity index is 1.75. The summed E-state index contributed by atoms with van der Waals surface area (Å²) in [6.07, 6.45) is 2.51. The van der Waals surface area contributed by atoms with E-state index in [-0.39, 0.29) is 11.9 Å². The quantitative estimate of drug-likeness (QED) is 0.946. The first-order valence-electron chi connectivity index (χ1n) is 6.89. The number of pyridine rings is 1. The van der Waals surface area contributed by atoms with Gasteiger partial charge >= 0.3 is 0 Å². The summed E-state index contributed by atoms with van der Waals surface area (Å²) in [7, 11) is 0. The molecule has 1 aliphatic rings. The number of aryl methyl sites for hydroxylation is 1. The maximum atomic E-state index is 12.5. The number of benzene rings is 1. The van der Waals surface area contributed by atoms with Crippen LogP contribution in [0.25, 0.3) is 0 Å². The van der Waals surface area contributed by atoms with Gasteiger partial charge in [-0.25, -0.2) is 0 Å². The molecule has 4 nitrogen and oxygen atoms in total. The number of anilines is 2. The molecule has 2 aromatic rings. The lowest BCUT2D eigenvalue weighted by Crippen LogP contribution is -2.33. The first-order chi connectivity index (χ1) is 10.1. The Kier molecular flexibility index (Phi) is 3.80. The van der Waals surface area contributed by atoms with Crippen molar-refractivity contribution in [2.45, 2.75) is 19.4 Å². The minimum atomic E-state index is -0.203. The molecule has 3 rings (SSSR count). The van der Waals surface area contributed by atoms with E-state index in [2.05, 4.69) is 10.3 Å². The molecule has 21 heavy (non-hydrogen) atoms.